The monoisotopic (exact) mass is 369 g/mol. The number of H-pyrrole nitrogens is 2. The van der Waals surface area contributed by atoms with Gasteiger partial charge in [-0.25, -0.2) is 4.98 Å². The molecule has 0 aromatic carbocycles. The van der Waals surface area contributed by atoms with E-state index in [4.69, 9.17) is 0 Å². The van der Waals surface area contributed by atoms with E-state index in [1.165, 1.54) is 19.3 Å². The van der Waals surface area contributed by atoms with Crippen LogP contribution in [0.25, 0.3) is 0 Å². The summed E-state index contributed by atoms with van der Waals surface area (Å²) >= 11 is 0. The number of likely N-dealkylation sites (tertiary alicyclic amines) is 1. The Balaban J connectivity index is 1.43. The van der Waals surface area contributed by atoms with Gasteiger partial charge in [-0.3, -0.25) is 14.7 Å². The van der Waals surface area contributed by atoms with Gasteiger partial charge in [0.05, 0.1) is 23.1 Å². The molecule has 2 N–H and O–H groups in total. The summed E-state index contributed by atoms with van der Waals surface area (Å²) in [7, 11) is 0. The average Bonchev–Trinajstić information content (AvgIpc) is 3.17. The van der Waals surface area contributed by atoms with Crippen LogP contribution < -0.4 is 5.56 Å². The molecule has 7 heteroatoms. The summed E-state index contributed by atoms with van der Waals surface area (Å²) in [5.41, 5.74) is 2.50. The smallest absolute Gasteiger partial charge is 0.257 e. The van der Waals surface area contributed by atoms with Crippen molar-refractivity contribution in [2.24, 2.45) is 0 Å². The van der Waals surface area contributed by atoms with Crippen LogP contribution in [0.15, 0.2) is 17.1 Å². The molecule has 0 bridgehead atoms. The van der Waals surface area contributed by atoms with E-state index in [2.05, 4.69) is 20.2 Å². The normalized spacial score (nSPS) is 19.4. The predicted molar refractivity (Wildman–Crippen MR) is 102 cm³/mol. The number of nitrogens with zero attached hydrogens (tertiary/aromatic N) is 3. The van der Waals surface area contributed by atoms with Gasteiger partial charge in [0, 0.05) is 31.0 Å². The van der Waals surface area contributed by atoms with Gasteiger partial charge in [-0.1, -0.05) is 19.3 Å². The number of aromatic nitrogens is 4. The van der Waals surface area contributed by atoms with Crippen molar-refractivity contribution in [2.75, 3.05) is 13.1 Å². The highest BCUT2D eigenvalue weighted by Gasteiger charge is 2.29. The Kier molecular flexibility index (Phi) is 5.09. The molecule has 2 aliphatic rings. The third-order valence-corrected chi connectivity index (χ3v) is 5.99. The zero-order valence-corrected chi connectivity index (χ0v) is 15.8. The summed E-state index contributed by atoms with van der Waals surface area (Å²) in [6.07, 6.45) is 9.38. The molecular weight excluding hydrogens is 342 g/mol. The molecule has 2 aromatic heterocycles. The maximum atomic E-state index is 13.1. The van der Waals surface area contributed by atoms with Gasteiger partial charge in [-0.15, -0.1) is 0 Å². The van der Waals surface area contributed by atoms with E-state index in [9.17, 15) is 9.59 Å². The third-order valence-electron chi connectivity index (χ3n) is 5.99. The zero-order valence-electron chi connectivity index (χ0n) is 15.8. The number of nitrogens with one attached hydrogen (secondary N) is 2. The van der Waals surface area contributed by atoms with Gasteiger partial charge in [0.15, 0.2) is 0 Å². The lowest BCUT2D eigenvalue weighted by atomic mass is 9.85. The molecule has 7 nitrogen and oxygen atoms in total. The first kappa shape index (κ1) is 17.9. The van der Waals surface area contributed by atoms with Gasteiger partial charge < -0.3 is 9.88 Å². The summed E-state index contributed by atoms with van der Waals surface area (Å²) in [5.74, 6) is 1.39. The number of hydrogen-bond donors (Lipinski definition) is 2. The van der Waals surface area contributed by atoms with Crippen LogP contribution in [0.1, 0.15) is 84.4 Å². The molecule has 27 heavy (non-hydrogen) atoms. The van der Waals surface area contributed by atoms with E-state index in [1.807, 2.05) is 4.90 Å². The second-order valence-corrected chi connectivity index (χ2v) is 7.85. The molecule has 4 rings (SSSR count). The fourth-order valence-electron chi connectivity index (χ4n) is 4.53. The molecule has 0 atom stereocenters. The first-order valence-electron chi connectivity index (χ1n) is 10.0. The van der Waals surface area contributed by atoms with Crippen molar-refractivity contribution in [3.63, 3.8) is 0 Å². The highest BCUT2D eigenvalue weighted by molar-refractivity contribution is 5.95. The van der Waals surface area contributed by atoms with Crippen LogP contribution in [0.5, 0.6) is 0 Å². The molecule has 0 spiro atoms. The van der Waals surface area contributed by atoms with Gasteiger partial charge in [0.1, 0.15) is 5.82 Å². The van der Waals surface area contributed by atoms with Crippen molar-refractivity contribution in [1.82, 2.24) is 25.1 Å². The molecule has 0 radical (unpaired) electrons. The van der Waals surface area contributed by atoms with Crippen LogP contribution in [0, 0.1) is 6.92 Å². The van der Waals surface area contributed by atoms with Gasteiger partial charge in [0.25, 0.3) is 11.5 Å². The van der Waals surface area contributed by atoms with Crippen LogP contribution in [0.3, 0.4) is 0 Å². The fraction of sp³-hybridized carbons (Fsp3) is 0.600. The number of rotatable bonds is 3. The second kappa shape index (κ2) is 7.66. The number of hydrogen-bond acceptors (Lipinski definition) is 4. The SMILES string of the molecule is Cc1nc(C2CCN(C(=O)c3cn[nH]c3C3CCCCC3)CC2)cc(=O)[nH]1. The minimum atomic E-state index is -0.105. The summed E-state index contributed by atoms with van der Waals surface area (Å²) in [5, 5.41) is 7.27. The Morgan fingerprint density at radius 1 is 1.11 bits per heavy atom. The largest absolute Gasteiger partial charge is 0.338 e. The molecule has 144 valence electrons. The number of amides is 1. The molecule has 2 aromatic rings. The van der Waals surface area contributed by atoms with Crippen molar-refractivity contribution in [1.29, 1.82) is 0 Å². The lowest BCUT2D eigenvalue weighted by molar-refractivity contribution is 0.0710. The van der Waals surface area contributed by atoms with Crippen molar-refractivity contribution in [2.45, 2.75) is 63.7 Å². The Hall–Kier alpha value is -2.44. The van der Waals surface area contributed by atoms with Gasteiger partial charge in [-0.2, -0.15) is 5.10 Å². The van der Waals surface area contributed by atoms with E-state index in [0.29, 0.717) is 24.8 Å². The van der Waals surface area contributed by atoms with E-state index >= 15 is 0 Å². The highest BCUT2D eigenvalue weighted by atomic mass is 16.2. The maximum Gasteiger partial charge on any atom is 0.257 e. The van der Waals surface area contributed by atoms with Crippen molar-refractivity contribution in [3.05, 3.63) is 45.4 Å². The van der Waals surface area contributed by atoms with Crippen LogP contribution in [-0.2, 0) is 0 Å². The van der Waals surface area contributed by atoms with E-state index in [1.54, 1.807) is 19.2 Å². The molecule has 0 unspecified atom stereocenters. The van der Waals surface area contributed by atoms with Crippen molar-refractivity contribution >= 4 is 5.91 Å². The first-order valence-corrected chi connectivity index (χ1v) is 10.0. The van der Waals surface area contributed by atoms with Gasteiger partial charge in [-0.05, 0) is 32.6 Å². The minimum absolute atomic E-state index is 0.0813. The molecule has 1 aliphatic heterocycles. The molecule has 3 heterocycles. The number of aromatic amines is 2. The van der Waals surface area contributed by atoms with Crippen LogP contribution >= 0.6 is 0 Å². The minimum Gasteiger partial charge on any atom is -0.338 e. The quantitative estimate of drug-likeness (QED) is 0.870. The molecule has 1 aliphatic carbocycles. The summed E-state index contributed by atoms with van der Waals surface area (Å²) in [4.78, 5) is 33.9. The molecule has 1 saturated carbocycles. The van der Waals surface area contributed by atoms with Gasteiger partial charge in [0.2, 0.25) is 0 Å². The Morgan fingerprint density at radius 3 is 2.56 bits per heavy atom. The third kappa shape index (κ3) is 3.82. The first-order chi connectivity index (χ1) is 13.1. The fourth-order valence-corrected chi connectivity index (χ4v) is 4.53. The van der Waals surface area contributed by atoms with Crippen molar-refractivity contribution in [3.8, 4) is 0 Å². The maximum absolute atomic E-state index is 13.1. The van der Waals surface area contributed by atoms with Crippen LogP contribution in [0.4, 0.5) is 0 Å². The van der Waals surface area contributed by atoms with Gasteiger partial charge >= 0.3 is 0 Å². The zero-order chi connectivity index (χ0) is 18.8. The summed E-state index contributed by atoms with van der Waals surface area (Å²) in [6.45, 7) is 3.17. The number of carbonyl (C=O) groups excluding carboxylic acids is 1. The highest BCUT2D eigenvalue weighted by Crippen LogP contribution is 2.34. The Morgan fingerprint density at radius 2 is 1.85 bits per heavy atom. The Bertz CT molecular complexity index is 857. The summed E-state index contributed by atoms with van der Waals surface area (Å²) < 4.78 is 0. The average molecular weight is 369 g/mol. The number of aryl methyl sites for hydroxylation is 1. The second-order valence-electron chi connectivity index (χ2n) is 7.85. The van der Waals surface area contributed by atoms with E-state index in [-0.39, 0.29) is 17.4 Å². The number of piperidine rings is 1. The predicted octanol–water partition coefficient (Wildman–Crippen LogP) is 2.87. The molecular formula is C20H27N5O2. The lowest BCUT2D eigenvalue weighted by Gasteiger charge is -2.32. The standard InChI is InChI=1S/C20H27N5O2/c1-13-22-17(11-18(26)23-13)14-7-9-25(10-8-14)20(27)16-12-21-24-19(16)15-5-3-2-4-6-15/h11-12,14-15H,2-10H2,1H3,(H,21,24)(H,22,23,26). The van der Waals surface area contributed by atoms with Crippen molar-refractivity contribution < 1.29 is 4.79 Å². The topological polar surface area (TPSA) is 94.7 Å². The van der Waals surface area contributed by atoms with E-state index in [0.717, 1.165) is 42.6 Å². The van der Waals surface area contributed by atoms with Crippen LogP contribution in [0.2, 0.25) is 0 Å². The number of carbonyl (C=O) groups is 1. The lowest BCUT2D eigenvalue weighted by Crippen LogP contribution is -2.38. The Labute approximate surface area is 158 Å². The molecule has 1 saturated heterocycles. The van der Waals surface area contributed by atoms with Crippen LogP contribution in [-0.4, -0.2) is 44.1 Å². The molecule has 2 fully saturated rings. The molecule has 1 amide bonds. The van der Waals surface area contributed by atoms with E-state index < -0.39 is 0 Å². The summed E-state index contributed by atoms with van der Waals surface area (Å²) in [6, 6.07) is 1.59.